The molecule has 0 aliphatic carbocycles. The van der Waals surface area contributed by atoms with Crippen LogP contribution in [0.25, 0.3) is 11.1 Å². The molecule has 7 nitrogen and oxygen atoms in total. The SMILES string of the molecule is Cl.O=c1[nH]c2cc(Br)c(S(=O)(=O)N3CCNCC3)c(Cl)c2o1. The van der Waals surface area contributed by atoms with Gasteiger partial charge in [0.2, 0.25) is 10.0 Å². The molecule has 1 aliphatic rings. The maximum Gasteiger partial charge on any atom is 0.417 e. The summed E-state index contributed by atoms with van der Waals surface area (Å²) in [5.41, 5.74) is 0.384. The Labute approximate surface area is 145 Å². The van der Waals surface area contributed by atoms with Crippen molar-refractivity contribution in [1.82, 2.24) is 14.6 Å². The molecule has 1 saturated heterocycles. The quantitative estimate of drug-likeness (QED) is 0.750. The number of benzene rings is 1. The Morgan fingerprint density at radius 3 is 2.59 bits per heavy atom. The molecular weight excluding hydrogens is 421 g/mol. The van der Waals surface area contributed by atoms with Crippen LogP contribution in [0.3, 0.4) is 0 Å². The number of oxazole rings is 1. The zero-order valence-electron chi connectivity index (χ0n) is 11.1. The Bertz CT molecular complexity index is 858. The van der Waals surface area contributed by atoms with E-state index >= 15 is 0 Å². The van der Waals surface area contributed by atoms with Gasteiger partial charge in [0.15, 0.2) is 5.58 Å². The van der Waals surface area contributed by atoms with Gasteiger partial charge in [-0.15, -0.1) is 12.4 Å². The molecule has 0 atom stereocenters. The molecule has 1 aromatic heterocycles. The fourth-order valence-electron chi connectivity index (χ4n) is 2.26. The van der Waals surface area contributed by atoms with Gasteiger partial charge in [-0.1, -0.05) is 11.6 Å². The minimum Gasteiger partial charge on any atom is -0.406 e. The van der Waals surface area contributed by atoms with Crippen LogP contribution in [0, 0.1) is 0 Å². The second kappa shape index (κ2) is 6.50. The van der Waals surface area contributed by atoms with E-state index in [4.69, 9.17) is 16.0 Å². The summed E-state index contributed by atoms with van der Waals surface area (Å²) in [5, 5.41) is 2.98. The van der Waals surface area contributed by atoms with Crippen LogP contribution in [0.4, 0.5) is 0 Å². The highest BCUT2D eigenvalue weighted by Gasteiger charge is 2.32. The van der Waals surface area contributed by atoms with Crippen molar-refractivity contribution in [3.05, 3.63) is 26.1 Å². The first kappa shape index (κ1) is 17.8. The number of halogens is 3. The minimum absolute atomic E-state index is 0. The molecule has 2 heterocycles. The van der Waals surface area contributed by atoms with Gasteiger partial charge in [0, 0.05) is 30.7 Å². The van der Waals surface area contributed by atoms with Crippen molar-refractivity contribution in [2.45, 2.75) is 4.90 Å². The number of piperazine rings is 1. The molecule has 2 aromatic rings. The van der Waals surface area contributed by atoms with Crippen LogP contribution in [0.5, 0.6) is 0 Å². The van der Waals surface area contributed by atoms with E-state index in [2.05, 4.69) is 26.2 Å². The number of hydrogen-bond donors (Lipinski definition) is 2. The number of sulfonamides is 1. The molecular formula is C11H12BrCl2N3O4S. The van der Waals surface area contributed by atoms with Gasteiger partial charge in [0.05, 0.1) is 5.52 Å². The fraction of sp³-hybridized carbons (Fsp3) is 0.364. The molecule has 0 amide bonds. The summed E-state index contributed by atoms with van der Waals surface area (Å²) in [7, 11) is -3.77. The van der Waals surface area contributed by atoms with Gasteiger partial charge < -0.3 is 9.73 Å². The third-order valence-electron chi connectivity index (χ3n) is 3.24. The highest BCUT2D eigenvalue weighted by Crippen LogP contribution is 2.37. The lowest BCUT2D eigenvalue weighted by Gasteiger charge is -2.27. The Kier molecular flexibility index (Phi) is 5.25. The highest BCUT2D eigenvalue weighted by atomic mass is 79.9. The highest BCUT2D eigenvalue weighted by molar-refractivity contribution is 9.10. The van der Waals surface area contributed by atoms with Crippen LogP contribution in [0.2, 0.25) is 5.02 Å². The minimum atomic E-state index is -3.77. The number of nitrogens with zero attached hydrogens (tertiary/aromatic N) is 1. The van der Waals surface area contributed by atoms with Crippen LogP contribution in [-0.2, 0) is 10.0 Å². The first-order valence-electron chi connectivity index (χ1n) is 6.13. The van der Waals surface area contributed by atoms with Crippen molar-refractivity contribution in [2.75, 3.05) is 26.2 Å². The third kappa shape index (κ3) is 2.93. The first-order valence-corrected chi connectivity index (χ1v) is 8.74. The van der Waals surface area contributed by atoms with E-state index in [1.54, 1.807) is 0 Å². The maximum absolute atomic E-state index is 12.7. The molecule has 22 heavy (non-hydrogen) atoms. The molecule has 11 heteroatoms. The number of nitrogens with one attached hydrogen (secondary N) is 2. The monoisotopic (exact) mass is 431 g/mol. The van der Waals surface area contributed by atoms with Crippen LogP contribution in [0.15, 0.2) is 24.6 Å². The summed E-state index contributed by atoms with van der Waals surface area (Å²) < 4.78 is 32.0. The average Bonchev–Trinajstić information content (AvgIpc) is 2.80. The van der Waals surface area contributed by atoms with Gasteiger partial charge in [0.25, 0.3) is 0 Å². The number of aromatic amines is 1. The van der Waals surface area contributed by atoms with E-state index < -0.39 is 15.8 Å². The number of aromatic nitrogens is 1. The van der Waals surface area contributed by atoms with Crippen LogP contribution in [-0.4, -0.2) is 43.9 Å². The number of rotatable bonds is 2. The molecule has 0 radical (unpaired) electrons. The Morgan fingerprint density at radius 2 is 1.95 bits per heavy atom. The lowest BCUT2D eigenvalue weighted by Crippen LogP contribution is -2.46. The lowest BCUT2D eigenvalue weighted by atomic mass is 10.3. The predicted octanol–water partition coefficient (Wildman–Crippen LogP) is 1.55. The summed E-state index contributed by atoms with van der Waals surface area (Å²) in [4.78, 5) is 13.6. The van der Waals surface area contributed by atoms with Gasteiger partial charge in [-0.3, -0.25) is 4.98 Å². The van der Waals surface area contributed by atoms with Crippen molar-refractivity contribution in [1.29, 1.82) is 0 Å². The van der Waals surface area contributed by atoms with Gasteiger partial charge >= 0.3 is 5.76 Å². The summed E-state index contributed by atoms with van der Waals surface area (Å²) in [6, 6.07) is 1.47. The summed E-state index contributed by atoms with van der Waals surface area (Å²) in [6.45, 7) is 1.88. The van der Waals surface area contributed by atoms with E-state index in [0.717, 1.165) is 0 Å². The van der Waals surface area contributed by atoms with Crippen molar-refractivity contribution in [2.24, 2.45) is 0 Å². The average molecular weight is 433 g/mol. The second-order valence-corrected chi connectivity index (χ2v) is 7.65. The molecule has 0 saturated carbocycles. The third-order valence-corrected chi connectivity index (χ3v) is 6.58. The number of fused-ring (bicyclic) bond motifs is 1. The number of H-pyrrole nitrogens is 1. The molecule has 0 spiro atoms. The number of hydrogen-bond acceptors (Lipinski definition) is 5. The summed E-state index contributed by atoms with van der Waals surface area (Å²) in [5.74, 6) is -0.685. The Balaban J connectivity index is 0.00000176. The predicted molar refractivity (Wildman–Crippen MR) is 88.4 cm³/mol. The van der Waals surface area contributed by atoms with Gasteiger partial charge in [0.1, 0.15) is 9.92 Å². The molecule has 0 unspecified atom stereocenters. The van der Waals surface area contributed by atoms with Crippen molar-refractivity contribution < 1.29 is 12.8 Å². The van der Waals surface area contributed by atoms with E-state index in [-0.39, 0.29) is 32.4 Å². The van der Waals surface area contributed by atoms with E-state index in [1.165, 1.54) is 10.4 Å². The van der Waals surface area contributed by atoms with E-state index in [9.17, 15) is 13.2 Å². The molecule has 0 bridgehead atoms. The van der Waals surface area contributed by atoms with Gasteiger partial charge in [-0.05, 0) is 22.0 Å². The standard InChI is InChI=1S/C11H11BrClN3O4S.ClH/c12-6-5-7-9(20-11(17)15-7)8(13)10(6)21(18,19)16-3-1-14-2-4-16;/h5,14H,1-4H2,(H,15,17);1H. The molecule has 2 N–H and O–H groups in total. The fourth-order valence-corrected chi connectivity index (χ4v) is 5.49. The molecule has 122 valence electrons. The molecule has 3 rings (SSSR count). The first-order chi connectivity index (χ1) is 9.91. The van der Waals surface area contributed by atoms with Gasteiger partial charge in [-0.25, -0.2) is 13.2 Å². The largest absolute Gasteiger partial charge is 0.417 e. The Morgan fingerprint density at radius 1 is 1.32 bits per heavy atom. The van der Waals surface area contributed by atoms with Crippen LogP contribution < -0.4 is 11.1 Å². The molecule has 1 fully saturated rings. The molecule has 1 aliphatic heterocycles. The van der Waals surface area contributed by atoms with Crippen molar-refractivity contribution >= 4 is 61.1 Å². The summed E-state index contributed by atoms with van der Waals surface area (Å²) >= 11 is 9.37. The lowest BCUT2D eigenvalue weighted by molar-refractivity contribution is 0.360. The smallest absolute Gasteiger partial charge is 0.406 e. The van der Waals surface area contributed by atoms with Crippen LogP contribution >= 0.6 is 39.9 Å². The molecule has 1 aromatic carbocycles. The maximum atomic E-state index is 12.7. The zero-order valence-corrected chi connectivity index (χ0v) is 15.0. The van der Waals surface area contributed by atoms with Crippen LogP contribution in [0.1, 0.15) is 0 Å². The summed E-state index contributed by atoms with van der Waals surface area (Å²) in [6.07, 6.45) is 0. The second-order valence-electron chi connectivity index (χ2n) is 4.55. The van der Waals surface area contributed by atoms with E-state index in [1.807, 2.05) is 0 Å². The van der Waals surface area contributed by atoms with Crippen molar-refractivity contribution in [3.63, 3.8) is 0 Å². The zero-order chi connectivity index (χ0) is 15.2. The topological polar surface area (TPSA) is 95.4 Å². The van der Waals surface area contributed by atoms with E-state index in [0.29, 0.717) is 31.7 Å². The van der Waals surface area contributed by atoms with Crippen molar-refractivity contribution in [3.8, 4) is 0 Å². The normalized spacial score (nSPS) is 16.6. The Hall–Kier alpha value is -0.580. The van der Waals surface area contributed by atoms with Gasteiger partial charge in [-0.2, -0.15) is 4.31 Å².